The van der Waals surface area contributed by atoms with Crippen LogP contribution in [0.15, 0.2) is 48.5 Å². The van der Waals surface area contributed by atoms with Gasteiger partial charge in [0.15, 0.2) is 0 Å². The number of hydrogen-bond acceptors (Lipinski definition) is 3. The summed E-state index contributed by atoms with van der Waals surface area (Å²) in [7, 11) is -3.40. The average molecular weight is 344 g/mol. The quantitative estimate of drug-likeness (QED) is 0.906. The number of sulfonamides is 1. The molecule has 6 heteroatoms. The van der Waals surface area contributed by atoms with E-state index in [1.54, 1.807) is 36.4 Å². The summed E-state index contributed by atoms with van der Waals surface area (Å²) in [6.07, 6.45) is 2.88. The Morgan fingerprint density at radius 3 is 2.33 bits per heavy atom. The molecule has 126 valence electrons. The van der Waals surface area contributed by atoms with Crippen molar-refractivity contribution in [2.75, 3.05) is 15.9 Å². The molecule has 24 heavy (non-hydrogen) atoms. The van der Waals surface area contributed by atoms with Gasteiger partial charge in [0.25, 0.3) is 5.91 Å². The van der Waals surface area contributed by atoms with E-state index in [-0.39, 0.29) is 11.9 Å². The Kier molecular flexibility index (Phi) is 4.32. The molecule has 0 heterocycles. The number of benzene rings is 2. The molecular formula is C18H20N2O3S. The molecule has 0 saturated heterocycles. The molecule has 2 aromatic carbocycles. The highest BCUT2D eigenvalue weighted by Crippen LogP contribution is 2.37. The number of para-hydroxylation sites is 2. The van der Waals surface area contributed by atoms with Gasteiger partial charge in [-0.15, -0.1) is 0 Å². The standard InChI is InChI=1S/C18H20N2O3S/c1-13-7-3-4-8-15(13)18(21)19-16-9-5-6-10-17(16)20(14-11-12-14)24(2,22)23/h3-10,14H,11-12H2,1-2H3,(H,19,21). The normalized spacial score (nSPS) is 14.2. The monoisotopic (exact) mass is 344 g/mol. The summed E-state index contributed by atoms with van der Waals surface area (Å²) >= 11 is 0. The first-order valence-corrected chi connectivity index (χ1v) is 9.68. The molecule has 0 radical (unpaired) electrons. The first-order chi connectivity index (χ1) is 11.4. The second-order valence-electron chi connectivity index (χ2n) is 6.08. The van der Waals surface area contributed by atoms with Crippen LogP contribution < -0.4 is 9.62 Å². The predicted molar refractivity (Wildman–Crippen MR) is 95.9 cm³/mol. The van der Waals surface area contributed by atoms with Gasteiger partial charge >= 0.3 is 0 Å². The van der Waals surface area contributed by atoms with Gasteiger partial charge < -0.3 is 5.32 Å². The van der Waals surface area contributed by atoms with Crippen LogP contribution in [0.25, 0.3) is 0 Å². The van der Waals surface area contributed by atoms with Crippen molar-refractivity contribution < 1.29 is 13.2 Å². The van der Waals surface area contributed by atoms with Crippen LogP contribution in [0.1, 0.15) is 28.8 Å². The highest BCUT2D eigenvalue weighted by atomic mass is 32.2. The maximum absolute atomic E-state index is 12.6. The fraction of sp³-hybridized carbons (Fsp3) is 0.278. The zero-order valence-corrected chi connectivity index (χ0v) is 14.5. The van der Waals surface area contributed by atoms with Crippen LogP contribution in [0, 0.1) is 6.92 Å². The first kappa shape index (κ1) is 16.5. The van der Waals surface area contributed by atoms with E-state index >= 15 is 0 Å². The Labute approximate surface area is 142 Å². The van der Waals surface area contributed by atoms with Gasteiger partial charge in [0.05, 0.1) is 17.6 Å². The lowest BCUT2D eigenvalue weighted by molar-refractivity contribution is 0.102. The van der Waals surface area contributed by atoms with Gasteiger partial charge in [-0.25, -0.2) is 8.42 Å². The Balaban J connectivity index is 1.95. The van der Waals surface area contributed by atoms with Crippen molar-refractivity contribution in [2.45, 2.75) is 25.8 Å². The van der Waals surface area contributed by atoms with E-state index in [4.69, 9.17) is 0 Å². The van der Waals surface area contributed by atoms with Crippen LogP contribution in [0.3, 0.4) is 0 Å². The average Bonchev–Trinajstić information content (AvgIpc) is 3.33. The number of hydrogen-bond donors (Lipinski definition) is 1. The van der Waals surface area contributed by atoms with E-state index in [0.29, 0.717) is 16.9 Å². The number of nitrogens with one attached hydrogen (secondary N) is 1. The smallest absolute Gasteiger partial charge is 0.255 e. The third kappa shape index (κ3) is 3.43. The molecule has 1 fully saturated rings. The summed E-state index contributed by atoms with van der Waals surface area (Å²) in [6, 6.07) is 14.3. The van der Waals surface area contributed by atoms with Gasteiger partial charge in [-0.3, -0.25) is 9.10 Å². The topological polar surface area (TPSA) is 66.5 Å². The second-order valence-corrected chi connectivity index (χ2v) is 7.94. The number of aryl methyl sites for hydroxylation is 1. The number of nitrogens with zero attached hydrogens (tertiary/aromatic N) is 1. The molecule has 0 bridgehead atoms. The van der Waals surface area contributed by atoms with Crippen LogP contribution in [-0.4, -0.2) is 26.6 Å². The third-order valence-electron chi connectivity index (χ3n) is 4.02. The Hall–Kier alpha value is -2.34. The number of anilines is 2. The van der Waals surface area contributed by atoms with E-state index < -0.39 is 10.0 Å². The van der Waals surface area contributed by atoms with Crippen LogP contribution in [0.4, 0.5) is 11.4 Å². The van der Waals surface area contributed by atoms with Gasteiger partial charge in [0, 0.05) is 11.6 Å². The number of amides is 1. The Morgan fingerprint density at radius 1 is 1.08 bits per heavy atom. The minimum Gasteiger partial charge on any atom is -0.320 e. The van der Waals surface area contributed by atoms with Gasteiger partial charge in [-0.1, -0.05) is 30.3 Å². The summed E-state index contributed by atoms with van der Waals surface area (Å²) in [4.78, 5) is 12.6. The van der Waals surface area contributed by atoms with Crippen molar-refractivity contribution in [3.8, 4) is 0 Å². The molecule has 3 rings (SSSR count). The summed E-state index contributed by atoms with van der Waals surface area (Å²) < 4.78 is 25.8. The van der Waals surface area contributed by atoms with Crippen molar-refractivity contribution in [1.82, 2.24) is 0 Å². The number of carbonyl (C=O) groups is 1. The maximum Gasteiger partial charge on any atom is 0.255 e. The number of carbonyl (C=O) groups excluding carboxylic acids is 1. The van der Waals surface area contributed by atoms with Crippen molar-refractivity contribution in [1.29, 1.82) is 0 Å². The maximum atomic E-state index is 12.6. The minimum atomic E-state index is -3.40. The zero-order valence-electron chi connectivity index (χ0n) is 13.7. The van der Waals surface area contributed by atoms with E-state index in [0.717, 1.165) is 18.4 Å². The molecule has 5 nitrogen and oxygen atoms in total. The number of rotatable bonds is 5. The van der Waals surface area contributed by atoms with Crippen LogP contribution >= 0.6 is 0 Å². The lowest BCUT2D eigenvalue weighted by Crippen LogP contribution is -2.33. The van der Waals surface area contributed by atoms with E-state index in [9.17, 15) is 13.2 Å². The fourth-order valence-corrected chi connectivity index (χ4v) is 4.01. The molecule has 0 aromatic heterocycles. The molecular weight excluding hydrogens is 324 g/mol. The molecule has 1 N–H and O–H groups in total. The third-order valence-corrected chi connectivity index (χ3v) is 5.22. The molecule has 1 saturated carbocycles. The lowest BCUT2D eigenvalue weighted by atomic mass is 10.1. The van der Waals surface area contributed by atoms with E-state index in [1.807, 2.05) is 19.1 Å². The van der Waals surface area contributed by atoms with Gasteiger partial charge in [-0.05, 0) is 43.5 Å². The van der Waals surface area contributed by atoms with E-state index in [1.165, 1.54) is 10.6 Å². The van der Waals surface area contributed by atoms with Crippen LogP contribution in [0.2, 0.25) is 0 Å². The minimum absolute atomic E-state index is 0.0171. The van der Waals surface area contributed by atoms with Gasteiger partial charge in [0.2, 0.25) is 10.0 Å². The van der Waals surface area contributed by atoms with Crippen molar-refractivity contribution >= 4 is 27.3 Å². The second kappa shape index (κ2) is 6.28. The lowest BCUT2D eigenvalue weighted by Gasteiger charge is -2.24. The Morgan fingerprint density at radius 2 is 1.71 bits per heavy atom. The molecule has 0 aliphatic heterocycles. The molecule has 0 unspecified atom stereocenters. The van der Waals surface area contributed by atoms with Crippen LogP contribution in [-0.2, 0) is 10.0 Å². The summed E-state index contributed by atoms with van der Waals surface area (Å²) in [5, 5.41) is 2.86. The summed E-state index contributed by atoms with van der Waals surface area (Å²) in [6.45, 7) is 1.87. The summed E-state index contributed by atoms with van der Waals surface area (Å²) in [5.41, 5.74) is 2.46. The Bertz CT molecular complexity index is 873. The molecule has 1 amide bonds. The van der Waals surface area contributed by atoms with Crippen LogP contribution in [0.5, 0.6) is 0 Å². The van der Waals surface area contributed by atoms with Crippen molar-refractivity contribution in [3.63, 3.8) is 0 Å². The fourth-order valence-electron chi connectivity index (χ4n) is 2.74. The van der Waals surface area contributed by atoms with Crippen molar-refractivity contribution in [2.24, 2.45) is 0 Å². The largest absolute Gasteiger partial charge is 0.320 e. The van der Waals surface area contributed by atoms with Crippen molar-refractivity contribution in [3.05, 3.63) is 59.7 Å². The molecule has 0 spiro atoms. The predicted octanol–water partition coefficient (Wildman–Crippen LogP) is 3.18. The first-order valence-electron chi connectivity index (χ1n) is 7.83. The summed E-state index contributed by atoms with van der Waals surface area (Å²) in [5.74, 6) is -0.246. The van der Waals surface area contributed by atoms with Gasteiger partial charge in [0.1, 0.15) is 0 Å². The van der Waals surface area contributed by atoms with Gasteiger partial charge in [-0.2, -0.15) is 0 Å². The SMILES string of the molecule is Cc1ccccc1C(=O)Nc1ccccc1N(C1CC1)S(C)(=O)=O. The zero-order chi connectivity index (χ0) is 17.3. The molecule has 1 aliphatic rings. The highest BCUT2D eigenvalue weighted by molar-refractivity contribution is 7.92. The molecule has 1 aliphatic carbocycles. The van der Waals surface area contributed by atoms with E-state index in [2.05, 4.69) is 5.32 Å². The molecule has 0 atom stereocenters. The molecule has 2 aromatic rings. The highest BCUT2D eigenvalue weighted by Gasteiger charge is 2.36.